The van der Waals surface area contributed by atoms with Crippen molar-refractivity contribution >= 4 is 11.6 Å². The summed E-state index contributed by atoms with van der Waals surface area (Å²) in [4.78, 5) is 11.8. The van der Waals surface area contributed by atoms with Crippen molar-refractivity contribution in [1.29, 1.82) is 0 Å². The van der Waals surface area contributed by atoms with E-state index in [0.29, 0.717) is 12.1 Å². The summed E-state index contributed by atoms with van der Waals surface area (Å²) in [5, 5.41) is 6.09. The first kappa shape index (κ1) is 13.2. The van der Waals surface area contributed by atoms with Crippen molar-refractivity contribution < 1.29 is 9.21 Å². The number of anilines is 1. The standard InChI is InChI=1S/C15H18N2O2/c1-3-16-15(18)12-6-4-7-13(10-12)17-11(2)14-8-5-9-19-14/h4-11,17H,3H2,1-2H3,(H,16,18). The van der Waals surface area contributed by atoms with Gasteiger partial charge in [0.15, 0.2) is 0 Å². The Morgan fingerprint density at radius 2 is 2.16 bits per heavy atom. The molecule has 0 spiro atoms. The SMILES string of the molecule is CCNC(=O)c1cccc(NC(C)c2ccco2)c1. The van der Waals surface area contributed by atoms with Gasteiger partial charge in [0, 0.05) is 17.8 Å². The fourth-order valence-corrected chi connectivity index (χ4v) is 1.87. The van der Waals surface area contributed by atoms with Crippen molar-refractivity contribution in [3.05, 3.63) is 54.0 Å². The minimum absolute atomic E-state index is 0.0551. The highest BCUT2D eigenvalue weighted by Gasteiger charge is 2.09. The zero-order valence-corrected chi connectivity index (χ0v) is 11.1. The van der Waals surface area contributed by atoms with Gasteiger partial charge >= 0.3 is 0 Å². The lowest BCUT2D eigenvalue weighted by Gasteiger charge is -2.13. The molecule has 1 atom stereocenters. The molecule has 1 heterocycles. The minimum Gasteiger partial charge on any atom is -0.467 e. The van der Waals surface area contributed by atoms with Crippen LogP contribution in [-0.4, -0.2) is 12.5 Å². The van der Waals surface area contributed by atoms with E-state index in [0.717, 1.165) is 11.4 Å². The number of hydrogen-bond acceptors (Lipinski definition) is 3. The molecule has 2 N–H and O–H groups in total. The van der Waals surface area contributed by atoms with Crippen LogP contribution in [0, 0.1) is 0 Å². The summed E-state index contributed by atoms with van der Waals surface area (Å²) in [6.07, 6.45) is 1.65. The van der Waals surface area contributed by atoms with Gasteiger partial charge in [-0.1, -0.05) is 6.07 Å². The molecule has 1 amide bonds. The first-order valence-corrected chi connectivity index (χ1v) is 6.39. The molecular formula is C15H18N2O2. The summed E-state index contributed by atoms with van der Waals surface area (Å²) in [6.45, 7) is 4.54. The van der Waals surface area contributed by atoms with Gasteiger partial charge in [-0.3, -0.25) is 4.79 Å². The monoisotopic (exact) mass is 258 g/mol. The Hall–Kier alpha value is -2.23. The highest BCUT2D eigenvalue weighted by Crippen LogP contribution is 2.20. The fourth-order valence-electron chi connectivity index (χ4n) is 1.87. The van der Waals surface area contributed by atoms with Crippen LogP contribution >= 0.6 is 0 Å². The molecule has 0 saturated carbocycles. The van der Waals surface area contributed by atoms with E-state index in [-0.39, 0.29) is 11.9 Å². The van der Waals surface area contributed by atoms with E-state index >= 15 is 0 Å². The number of benzene rings is 1. The second-order valence-electron chi connectivity index (χ2n) is 4.32. The second kappa shape index (κ2) is 6.09. The van der Waals surface area contributed by atoms with Crippen LogP contribution in [0.15, 0.2) is 47.1 Å². The third kappa shape index (κ3) is 3.37. The Morgan fingerprint density at radius 1 is 1.32 bits per heavy atom. The van der Waals surface area contributed by atoms with Gasteiger partial charge in [0.25, 0.3) is 5.91 Å². The summed E-state index contributed by atoms with van der Waals surface area (Å²) in [5.41, 5.74) is 1.55. The highest BCUT2D eigenvalue weighted by molar-refractivity contribution is 5.95. The van der Waals surface area contributed by atoms with Crippen LogP contribution in [-0.2, 0) is 0 Å². The van der Waals surface area contributed by atoms with E-state index in [1.54, 1.807) is 12.3 Å². The quantitative estimate of drug-likeness (QED) is 0.866. The molecule has 4 nitrogen and oxygen atoms in total. The number of rotatable bonds is 5. The summed E-state index contributed by atoms with van der Waals surface area (Å²) in [5.74, 6) is 0.806. The number of hydrogen-bond donors (Lipinski definition) is 2. The summed E-state index contributed by atoms with van der Waals surface area (Å²) in [7, 11) is 0. The molecule has 2 rings (SSSR count). The Morgan fingerprint density at radius 3 is 2.84 bits per heavy atom. The molecule has 0 aliphatic rings. The Labute approximate surface area is 112 Å². The van der Waals surface area contributed by atoms with Gasteiger partial charge in [-0.15, -0.1) is 0 Å². The van der Waals surface area contributed by atoms with Gasteiger partial charge in [-0.2, -0.15) is 0 Å². The third-order valence-corrected chi connectivity index (χ3v) is 2.82. The highest BCUT2D eigenvalue weighted by atomic mass is 16.3. The summed E-state index contributed by atoms with van der Waals surface area (Å²) < 4.78 is 5.34. The lowest BCUT2D eigenvalue weighted by Crippen LogP contribution is -2.22. The molecular weight excluding hydrogens is 240 g/mol. The molecule has 4 heteroatoms. The number of nitrogens with one attached hydrogen (secondary N) is 2. The lowest BCUT2D eigenvalue weighted by atomic mass is 10.1. The van der Waals surface area contributed by atoms with Gasteiger partial charge in [0.05, 0.1) is 12.3 Å². The van der Waals surface area contributed by atoms with Crippen LogP contribution in [0.1, 0.15) is 36.0 Å². The van der Waals surface area contributed by atoms with E-state index in [1.165, 1.54) is 0 Å². The Kier molecular flexibility index (Phi) is 4.23. The lowest BCUT2D eigenvalue weighted by molar-refractivity contribution is 0.0956. The number of carbonyl (C=O) groups excluding carboxylic acids is 1. The fraction of sp³-hybridized carbons (Fsp3) is 0.267. The molecule has 1 aromatic heterocycles. The van der Waals surface area contributed by atoms with Gasteiger partial charge in [0.1, 0.15) is 5.76 Å². The topological polar surface area (TPSA) is 54.3 Å². The van der Waals surface area contributed by atoms with Crippen molar-refractivity contribution in [2.75, 3.05) is 11.9 Å². The van der Waals surface area contributed by atoms with Crippen molar-refractivity contribution in [2.45, 2.75) is 19.9 Å². The van der Waals surface area contributed by atoms with E-state index in [1.807, 2.05) is 44.2 Å². The average molecular weight is 258 g/mol. The first-order chi connectivity index (χ1) is 9.20. The molecule has 0 saturated heterocycles. The maximum Gasteiger partial charge on any atom is 0.251 e. The zero-order chi connectivity index (χ0) is 13.7. The zero-order valence-electron chi connectivity index (χ0n) is 11.1. The largest absolute Gasteiger partial charge is 0.467 e. The van der Waals surface area contributed by atoms with Gasteiger partial charge in [-0.25, -0.2) is 0 Å². The van der Waals surface area contributed by atoms with Gasteiger partial charge in [-0.05, 0) is 44.2 Å². The molecule has 1 aromatic carbocycles. The molecule has 100 valence electrons. The number of carbonyl (C=O) groups is 1. The number of furan rings is 1. The van der Waals surface area contributed by atoms with Gasteiger partial charge in [0.2, 0.25) is 0 Å². The van der Waals surface area contributed by atoms with Gasteiger partial charge < -0.3 is 15.1 Å². The minimum atomic E-state index is -0.0585. The normalized spacial score (nSPS) is 11.9. The molecule has 0 aliphatic heterocycles. The van der Waals surface area contributed by atoms with Crippen molar-refractivity contribution in [2.24, 2.45) is 0 Å². The molecule has 1 unspecified atom stereocenters. The number of amides is 1. The van der Waals surface area contributed by atoms with E-state index in [2.05, 4.69) is 10.6 Å². The van der Waals surface area contributed by atoms with Crippen LogP contribution in [0.3, 0.4) is 0 Å². The first-order valence-electron chi connectivity index (χ1n) is 6.39. The summed E-state index contributed by atoms with van der Waals surface area (Å²) in [6, 6.07) is 11.3. The molecule has 2 aromatic rings. The average Bonchev–Trinajstić information content (AvgIpc) is 2.93. The van der Waals surface area contributed by atoms with Crippen molar-refractivity contribution in [3.8, 4) is 0 Å². The second-order valence-corrected chi connectivity index (χ2v) is 4.32. The predicted molar refractivity (Wildman–Crippen MR) is 75.2 cm³/mol. The Bertz CT molecular complexity index is 535. The molecule has 0 bridgehead atoms. The van der Waals surface area contributed by atoms with Crippen LogP contribution < -0.4 is 10.6 Å². The molecule has 0 aliphatic carbocycles. The maximum atomic E-state index is 11.8. The van der Waals surface area contributed by atoms with E-state index < -0.39 is 0 Å². The van der Waals surface area contributed by atoms with Crippen LogP contribution in [0.2, 0.25) is 0 Å². The van der Waals surface area contributed by atoms with Crippen LogP contribution in [0.4, 0.5) is 5.69 Å². The Balaban J connectivity index is 2.09. The van der Waals surface area contributed by atoms with Crippen LogP contribution in [0.5, 0.6) is 0 Å². The third-order valence-electron chi connectivity index (χ3n) is 2.82. The van der Waals surface area contributed by atoms with Crippen LogP contribution in [0.25, 0.3) is 0 Å². The van der Waals surface area contributed by atoms with E-state index in [4.69, 9.17) is 4.42 Å². The summed E-state index contributed by atoms with van der Waals surface area (Å²) >= 11 is 0. The molecule has 19 heavy (non-hydrogen) atoms. The molecule has 0 radical (unpaired) electrons. The van der Waals surface area contributed by atoms with Crippen molar-refractivity contribution in [1.82, 2.24) is 5.32 Å². The van der Waals surface area contributed by atoms with E-state index in [9.17, 15) is 4.79 Å². The predicted octanol–water partition coefficient (Wildman–Crippen LogP) is 3.20. The maximum absolute atomic E-state index is 11.8. The molecule has 0 fully saturated rings. The smallest absolute Gasteiger partial charge is 0.251 e. The van der Waals surface area contributed by atoms with Crippen molar-refractivity contribution in [3.63, 3.8) is 0 Å².